The number of amides is 1. The van der Waals surface area contributed by atoms with Crippen molar-refractivity contribution in [1.82, 2.24) is 5.32 Å². The first-order valence-corrected chi connectivity index (χ1v) is 9.34. The van der Waals surface area contributed by atoms with Crippen LogP contribution in [0.15, 0.2) is 78.9 Å². The van der Waals surface area contributed by atoms with Crippen molar-refractivity contribution in [3.05, 3.63) is 101 Å². The van der Waals surface area contributed by atoms with Crippen molar-refractivity contribution in [2.75, 3.05) is 13.7 Å². The standard InChI is InChI=1S/C24H21NO5/c1-29-19-11-7-8-17(14-19)15-25-22(26)16-30-24(28)21-13-6-5-12-20(21)23(27)18-9-3-2-4-10-18/h2-14H,15-16H2,1H3,(H,25,26). The van der Waals surface area contributed by atoms with Gasteiger partial charge in [0.1, 0.15) is 5.75 Å². The topological polar surface area (TPSA) is 81.7 Å². The van der Waals surface area contributed by atoms with Gasteiger partial charge in [-0.25, -0.2) is 4.79 Å². The zero-order valence-corrected chi connectivity index (χ0v) is 16.5. The molecule has 0 aliphatic carbocycles. The highest BCUT2D eigenvalue weighted by atomic mass is 16.5. The van der Waals surface area contributed by atoms with Crippen molar-refractivity contribution in [3.63, 3.8) is 0 Å². The molecule has 0 aliphatic heterocycles. The van der Waals surface area contributed by atoms with E-state index in [9.17, 15) is 14.4 Å². The predicted molar refractivity (Wildman–Crippen MR) is 111 cm³/mol. The monoisotopic (exact) mass is 403 g/mol. The molecule has 30 heavy (non-hydrogen) atoms. The fourth-order valence-electron chi connectivity index (χ4n) is 2.85. The number of hydrogen-bond acceptors (Lipinski definition) is 5. The lowest BCUT2D eigenvalue weighted by molar-refractivity contribution is -0.124. The molecule has 0 aromatic heterocycles. The van der Waals surface area contributed by atoms with Gasteiger partial charge >= 0.3 is 5.97 Å². The lowest BCUT2D eigenvalue weighted by atomic mass is 9.98. The molecule has 0 bridgehead atoms. The average molecular weight is 403 g/mol. The summed E-state index contributed by atoms with van der Waals surface area (Å²) in [4.78, 5) is 37.3. The maximum absolute atomic E-state index is 12.7. The third kappa shape index (κ3) is 5.32. The van der Waals surface area contributed by atoms with Gasteiger partial charge in [-0.15, -0.1) is 0 Å². The summed E-state index contributed by atoms with van der Waals surface area (Å²) in [5, 5.41) is 2.68. The molecule has 0 heterocycles. The Morgan fingerprint density at radius 1 is 0.833 bits per heavy atom. The second-order valence-electron chi connectivity index (χ2n) is 6.45. The van der Waals surface area contributed by atoms with Crippen LogP contribution in [0.2, 0.25) is 0 Å². The van der Waals surface area contributed by atoms with Gasteiger partial charge < -0.3 is 14.8 Å². The quantitative estimate of drug-likeness (QED) is 0.461. The Kier molecular flexibility index (Phi) is 6.95. The fraction of sp³-hybridized carbons (Fsp3) is 0.125. The van der Waals surface area contributed by atoms with E-state index >= 15 is 0 Å². The van der Waals surface area contributed by atoms with Gasteiger partial charge in [0.2, 0.25) is 0 Å². The van der Waals surface area contributed by atoms with Gasteiger partial charge in [0, 0.05) is 17.7 Å². The lowest BCUT2D eigenvalue weighted by Gasteiger charge is -2.10. The molecule has 0 aliphatic rings. The van der Waals surface area contributed by atoms with Gasteiger partial charge in [-0.05, 0) is 23.8 Å². The summed E-state index contributed by atoms with van der Waals surface area (Å²) in [5.41, 5.74) is 1.67. The van der Waals surface area contributed by atoms with Crippen LogP contribution in [-0.4, -0.2) is 31.4 Å². The zero-order chi connectivity index (χ0) is 21.3. The third-order valence-electron chi connectivity index (χ3n) is 4.39. The van der Waals surface area contributed by atoms with E-state index in [0.29, 0.717) is 11.3 Å². The van der Waals surface area contributed by atoms with E-state index in [1.165, 1.54) is 6.07 Å². The average Bonchev–Trinajstić information content (AvgIpc) is 2.81. The molecule has 6 heteroatoms. The Morgan fingerprint density at radius 2 is 1.53 bits per heavy atom. The number of nitrogens with one attached hydrogen (secondary N) is 1. The molecule has 1 N–H and O–H groups in total. The molecule has 0 spiro atoms. The SMILES string of the molecule is COc1cccc(CNC(=O)COC(=O)c2ccccc2C(=O)c2ccccc2)c1. The summed E-state index contributed by atoms with van der Waals surface area (Å²) in [6, 6.07) is 22.3. The number of ether oxygens (including phenoxy) is 2. The first kappa shape index (κ1) is 20.8. The Labute approximate surface area is 174 Å². The van der Waals surface area contributed by atoms with Crippen LogP contribution in [-0.2, 0) is 16.1 Å². The Bertz CT molecular complexity index is 1050. The number of esters is 1. The summed E-state index contributed by atoms with van der Waals surface area (Å²) in [6.45, 7) is -0.173. The predicted octanol–water partition coefficient (Wildman–Crippen LogP) is 3.40. The van der Waals surface area contributed by atoms with Crippen LogP contribution in [0.4, 0.5) is 0 Å². The Balaban J connectivity index is 1.60. The van der Waals surface area contributed by atoms with E-state index in [4.69, 9.17) is 9.47 Å². The van der Waals surface area contributed by atoms with E-state index in [0.717, 1.165) is 5.56 Å². The molecule has 0 radical (unpaired) electrons. The lowest BCUT2D eigenvalue weighted by Crippen LogP contribution is -2.28. The summed E-state index contributed by atoms with van der Waals surface area (Å²) >= 11 is 0. The van der Waals surface area contributed by atoms with Crippen LogP contribution < -0.4 is 10.1 Å². The molecule has 0 unspecified atom stereocenters. The molecular weight excluding hydrogens is 382 g/mol. The number of carbonyl (C=O) groups is 3. The number of methoxy groups -OCH3 is 1. The Hall–Kier alpha value is -3.93. The van der Waals surface area contributed by atoms with Crippen LogP contribution in [0.3, 0.4) is 0 Å². The summed E-state index contributed by atoms with van der Waals surface area (Å²) in [7, 11) is 1.57. The number of ketones is 1. The number of hydrogen-bond donors (Lipinski definition) is 1. The second kappa shape index (κ2) is 10.0. The van der Waals surface area contributed by atoms with Crippen molar-refractivity contribution in [3.8, 4) is 5.75 Å². The van der Waals surface area contributed by atoms with Crippen LogP contribution in [0.1, 0.15) is 31.8 Å². The maximum Gasteiger partial charge on any atom is 0.339 e. The molecule has 3 aromatic rings. The normalized spacial score (nSPS) is 10.2. The van der Waals surface area contributed by atoms with E-state index in [2.05, 4.69) is 5.32 Å². The van der Waals surface area contributed by atoms with Crippen LogP contribution >= 0.6 is 0 Å². The molecule has 0 atom stereocenters. The van der Waals surface area contributed by atoms with Gasteiger partial charge in [0.15, 0.2) is 12.4 Å². The summed E-state index contributed by atoms with van der Waals surface area (Å²) in [6.07, 6.45) is 0. The third-order valence-corrected chi connectivity index (χ3v) is 4.39. The fourth-order valence-corrected chi connectivity index (χ4v) is 2.85. The smallest absolute Gasteiger partial charge is 0.339 e. The Morgan fingerprint density at radius 3 is 2.27 bits per heavy atom. The summed E-state index contributed by atoms with van der Waals surface area (Å²) < 4.78 is 10.3. The van der Waals surface area contributed by atoms with Crippen molar-refractivity contribution < 1.29 is 23.9 Å². The summed E-state index contributed by atoms with van der Waals surface area (Å²) in [5.74, 6) is -0.775. The van der Waals surface area contributed by atoms with Crippen LogP contribution in [0, 0.1) is 0 Å². The van der Waals surface area contributed by atoms with E-state index in [-0.39, 0.29) is 23.5 Å². The van der Waals surface area contributed by atoms with Crippen molar-refractivity contribution in [2.24, 2.45) is 0 Å². The number of benzene rings is 3. The first-order chi connectivity index (χ1) is 14.6. The van der Waals surface area contributed by atoms with Crippen molar-refractivity contribution in [1.29, 1.82) is 0 Å². The highest BCUT2D eigenvalue weighted by Gasteiger charge is 2.19. The van der Waals surface area contributed by atoms with Crippen molar-refractivity contribution in [2.45, 2.75) is 6.54 Å². The van der Waals surface area contributed by atoms with Gasteiger partial charge in [-0.3, -0.25) is 9.59 Å². The van der Waals surface area contributed by atoms with Crippen molar-refractivity contribution >= 4 is 17.7 Å². The number of carbonyl (C=O) groups excluding carboxylic acids is 3. The molecule has 152 valence electrons. The molecule has 1 amide bonds. The molecular formula is C24H21NO5. The number of rotatable bonds is 8. The molecule has 0 saturated carbocycles. The molecule has 0 saturated heterocycles. The van der Waals surface area contributed by atoms with E-state index in [1.807, 2.05) is 12.1 Å². The molecule has 3 aromatic carbocycles. The van der Waals surface area contributed by atoms with E-state index < -0.39 is 18.5 Å². The van der Waals surface area contributed by atoms with E-state index in [1.54, 1.807) is 67.8 Å². The highest BCUT2D eigenvalue weighted by molar-refractivity contribution is 6.14. The maximum atomic E-state index is 12.7. The highest BCUT2D eigenvalue weighted by Crippen LogP contribution is 2.16. The van der Waals surface area contributed by atoms with Gasteiger partial charge in [0.05, 0.1) is 12.7 Å². The second-order valence-corrected chi connectivity index (χ2v) is 6.45. The minimum absolute atomic E-state index is 0.118. The van der Waals surface area contributed by atoms with Gasteiger partial charge in [-0.1, -0.05) is 60.7 Å². The van der Waals surface area contributed by atoms with Crippen LogP contribution in [0.25, 0.3) is 0 Å². The minimum Gasteiger partial charge on any atom is -0.497 e. The molecule has 3 rings (SSSR count). The van der Waals surface area contributed by atoms with Gasteiger partial charge in [-0.2, -0.15) is 0 Å². The van der Waals surface area contributed by atoms with Crippen LogP contribution in [0.5, 0.6) is 5.75 Å². The minimum atomic E-state index is -0.730. The van der Waals surface area contributed by atoms with Gasteiger partial charge in [0.25, 0.3) is 5.91 Å². The molecule has 0 fully saturated rings. The largest absolute Gasteiger partial charge is 0.497 e. The molecule has 6 nitrogen and oxygen atoms in total. The first-order valence-electron chi connectivity index (χ1n) is 9.34. The zero-order valence-electron chi connectivity index (χ0n) is 16.5.